The van der Waals surface area contributed by atoms with Crippen LogP contribution in [-0.4, -0.2) is 43.6 Å². The van der Waals surface area contributed by atoms with Crippen molar-refractivity contribution in [2.45, 2.75) is 19.8 Å². The van der Waals surface area contributed by atoms with E-state index < -0.39 is 0 Å². The van der Waals surface area contributed by atoms with Gasteiger partial charge in [-0.1, -0.05) is 24.7 Å². The smallest absolute Gasteiger partial charge is 0.265 e. The van der Waals surface area contributed by atoms with E-state index in [2.05, 4.69) is 27.4 Å². The highest BCUT2D eigenvalue weighted by Crippen LogP contribution is 2.28. The van der Waals surface area contributed by atoms with Crippen molar-refractivity contribution < 1.29 is 4.79 Å². The fourth-order valence-electron chi connectivity index (χ4n) is 1.93. The Morgan fingerprint density at radius 3 is 2.95 bits per heavy atom. The zero-order chi connectivity index (χ0) is 13.7. The van der Waals surface area contributed by atoms with Crippen molar-refractivity contribution in [3.05, 3.63) is 4.88 Å². The van der Waals surface area contributed by atoms with Crippen molar-refractivity contribution in [3.63, 3.8) is 0 Å². The largest absolute Gasteiger partial charge is 0.382 e. The molecule has 7 heteroatoms. The summed E-state index contributed by atoms with van der Waals surface area (Å²) in [6, 6.07) is 0. The topological polar surface area (TPSA) is 83.3 Å². The molecule has 1 amide bonds. The van der Waals surface area contributed by atoms with Gasteiger partial charge in [0.05, 0.1) is 0 Å². The van der Waals surface area contributed by atoms with Crippen molar-refractivity contribution in [1.29, 1.82) is 0 Å². The molecule has 0 bridgehead atoms. The minimum absolute atomic E-state index is 0.107. The number of anilines is 2. The quantitative estimate of drug-likeness (QED) is 0.692. The number of hydrogen-bond acceptors (Lipinski definition) is 6. The van der Waals surface area contributed by atoms with Gasteiger partial charge in [-0.3, -0.25) is 4.79 Å². The molecule has 1 fully saturated rings. The van der Waals surface area contributed by atoms with Crippen molar-refractivity contribution in [2.75, 3.05) is 43.4 Å². The number of thiazole rings is 1. The van der Waals surface area contributed by atoms with Gasteiger partial charge < -0.3 is 21.3 Å². The van der Waals surface area contributed by atoms with Gasteiger partial charge >= 0.3 is 0 Å². The Labute approximate surface area is 117 Å². The third-order valence-electron chi connectivity index (χ3n) is 3.05. The number of nitrogens with two attached hydrogens (primary N) is 1. The Bertz CT molecular complexity index is 428. The van der Waals surface area contributed by atoms with Gasteiger partial charge in [0, 0.05) is 32.7 Å². The first kappa shape index (κ1) is 14.1. The van der Waals surface area contributed by atoms with E-state index in [4.69, 9.17) is 5.73 Å². The van der Waals surface area contributed by atoms with Gasteiger partial charge in [-0.15, -0.1) is 0 Å². The number of nitrogen functional groups attached to an aromatic ring is 1. The normalized spacial score (nSPS) is 15.5. The van der Waals surface area contributed by atoms with Crippen LogP contribution in [0.3, 0.4) is 0 Å². The number of piperazine rings is 1. The van der Waals surface area contributed by atoms with Crippen molar-refractivity contribution >= 4 is 28.2 Å². The maximum atomic E-state index is 12.0. The Morgan fingerprint density at radius 1 is 1.53 bits per heavy atom. The summed E-state index contributed by atoms with van der Waals surface area (Å²) in [4.78, 5) is 19.0. The predicted molar refractivity (Wildman–Crippen MR) is 78.9 cm³/mol. The number of hydrogen-bond donors (Lipinski definition) is 3. The third kappa shape index (κ3) is 3.57. The second-order valence-corrected chi connectivity index (χ2v) is 5.53. The van der Waals surface area contributed by atoms with Crippen LogP contribution in [0.1, 0.15) is 29.4 Å². The molecule has 1 saturated heterocycles. The van der Waals surface area contributed by atoms with Gasteiger partial charge in [0.15, 0.2) is 5.13 Å². The number of unbranched alkanes of at least 4 members (excludes halogenated alkanes) is 1. The lowest BCUT2D eigenvalue weighted by Crippen LogP contribution is -2.43. The van der Waals surface area contributed by atoms with Crippen LogP contribution >= 0.6 is 11.3 Å². The van der Waals surface area contributed by atoms with Gasteiger partial charge in [0.1, 0.15) is 10.7 Å². The molecule has 2 rings (SSSR count). The van der Waals surface area contributed by atoms with Crippen molar-refractivity contribution in [1.82, 2.24) is 15.6 Å². The second-order valence-electron chi connectivity index (χ2n) is 4.56. The van der Waals surface area contributed by atoms with Gasteiger partial charge in [0.2, 0.25) is 0 Å². The van der Waals surface area contributed by atoms with Crippen LogP contribution < -0.4 is 21.3 Å². The summed E-state index contributed by atoms with van der Waals surface area (Å²) < 4.78 is 0. The number of nitrogens with one attached hydrogen (secondary N) is 2. The zero-order valence-corrected chi connectivity index (χ0v) is 12.1. The summed E-state index contributed by atoms with van der Waals surface area (Å²) >= 11 is 1.38. The minimum Gasteiger partial charge on any atom is -0.382 e. The highest BCUT2D eigenvalue weighted by Gasteiger charge is 2.20. The molecule has 0 unspecified atom stereocenters. The van der Waals surface area contributed by atoms with Crippen LogP contribution in [0.5, 0.6) is 0 Å². The standard InChI is InChI=1S/C12H21N5OS/c1-2-3-4-15-11(18)9-10(13)16-12(19-9)17-7-5-14-6-8-17/h14H,2-8,13H2,1H3,(H,15,18). The molecule has 0 radical (unpaired) electrons. The molecule has 1 aromatic heterocycles. The number of rotatable bonds is 5. The van der Waals surface area contributed by atoms with Crippen LogP contribution in [0, 0.1) is 0 Å². The Kier molecular flexibility index (Phi) is 4.98. The number of aromatic nitrogens is 1. The average molecular weight is 283 g/mol. The molecule has 6 nitrogen and oxygen atoms in total. The van der Waals surface area contributed by atoms with E-state index in [1.807, 2.05) is 0 Å². The van der Waals surface area contributed by atoms with E-state index in [0.717, 1.165) is 44.2 Å². The van der Waals surface area contributed by atoms with Crippen LogP contribution in [0.2, 0.25) is 0 Å². The highest BCUT2D eigenvalue weighted by molar-refractivity contribution is 7.18. The summed E-state index contributed by atoms with van der Waals surface area (Å²) in [5.74, 6) is 0.234. The van der Waals surface area contributed by atoms with E-state index in [1.165, 1.54) is 11.3 Å². The van der Waals surface area contributed by atoms with E-state index in [0.29, 0.717) is 17.2 Å². The van der Waals surface area contributed by atoms with E-state index in [1.54, 1.807) is 0 Å². The molecule has 4 N–H and O–H groups in total. The summed E-state index contributed by atoms with van der Waals surface area (Å²) in [5.41, 5.74) is 5.85. The summed E-state index contributed by atoms with van der Waals surface area (Å²) in [5, 5.41) is 7.01. The van der Waals surface area contributed by atoms with Gasteiger partial charge in [0.25, 0.3) is 5.91 Å². The second kappa shape index (κ2) is 6.72. The molecule has 0 saturated carbocycles. The highest BCUT2D eigenvalue weighted by atomic mass is 32.1. The van der Waals surface area contributed by atoms with Crippen LogP contribution in [0.4, 0.5) is 10.9 Å². The van der Waals surface area contributed by atoms with Gasteiger partial charge in [-0.05, 0) is 6.42 Å². The first-order valence-corrected chi connectivity index (χ1v) is 7.54. The molecule has 0 atom stereocenters. The van der Waals surface area contributed by atoms with E-state index in [-0.39, 0.29) is 5.91 Å². The Morgan fingerprint density at radius 2 is 2.26 bits per heavy atom. The molecule has 1 aromatic rings. The molecule has 0 aromatic carbocycles. The molecule has 0 aliphatic carbocycles. The Balaban J connectivity index is 2.01. The number of nitrogens with zero attached hydrogens (tertiary/aromatic N) is 2. The monoisotopic (exact) mass is 283 g/mol. The molecule has 106 valence electrons. The number of carbonyl (C=O) groups excluding carboxylic acids is 1. The van der Waals surface area contributed by atoms with E-state index >= 15 is 0 Å². The van der Waals surface area contributed by atoms with Gasteiger partial charge in [-0.25, -0.2) is 4.98 Å². The van der Waals surface area contributed by atoms with Crippen molar-refractivity contribution in [2.24, 2.45) is 0 Å². The van der Waals surface area contributed by atoms with E-state index in [9.17, 15) is 4.79 Å². The average Bonchev–Trinajstić information content (AvgIpc) is 2.82. The lowest BCUT2D eigenvalue weighted by Gasteiger charge is -2.26. The molecular formula is C12H21N5OS. The van der Waals surface area contributed by atoms with Crippen LogP contribution in [0.15, 0.2) is 0 Å². The molecule has 1 aliphatic rings. The lowest BCUT2D eigenvalue weighted by molar-refractivity contribution is 0.0958. The third-order valence-corrected chi connectivity index (χ3v) is 4.18. The lowest BCUT2D eigenvalue weighted by atomic mass is 10.3. The molecule has 2 heterocycles. The number of amides is 1. The molecule has 1 aliphatic heterocycles. The first-order valence-electron chi connectivity index (χ1n) is 6.72. The molecular weight excluding hydrogens is 262 g/mol. The van der Waals surface area contributed by atoms with Crippen molar-refractivity contribution in [3.8, 4) is 0 Å². The minimum atomic E-state index is -0.107. The summed E-state index contributed by atoms with van der Waals surface area (Å²) in [7, 11) is 0. The van der Waals surface area contributed by atoms with Crippen LogP contribution in [0.25, 0.3) is 0 Å². The zero-order valence-electron chi connectivity index (χ0n) is 11.2. The number of carbonyl (C=O) groups is 1. The molecule has 19 heavy (non-hydrogen) atoms. The Hall–Kier alpha value is -1.34. The maximum absolute atomic E-state index is 12.0. The predicted octanol–water partition coefficient (Wildman–Crippen LogP) is 0.665. The molecule has 0 spiro atoms. The van der Waals surface area contributed by atoms with Gasteiger partial charge in [-0.2, -0.15) is 0 Å². The summed E-state index contributed by atoms with van der Waals surface area (Å²) in [6.45, 7) is 6.48. The van der Waals surface area contributed by atoms with Crippen LogP contribution in [-0.2, 0) is 0 Å². The SMILES string of the molecule is CCCCNC(=O)c1sc(N2CCNCC2)nc1N. The first-order chi connectivity index (χ1) is 9.22. The summed E-state index contributed by atoms with van der Waals surface area (Å²) in [6.07, 6.45) is 2.04. The maximum Gasteiger partial charge on any atom is 0.265 e. The fourth-order valence-corrected chi connectivity index (χ4v) is 2.89. The fraction of sp³-hybridized carbons (Fsp3) is 0.667.